The Labute approximate surface area is 165 Å². The molecule has 0 spiro atoms. The average molecular weight is 424 g/mol. The van der Waals surface area contributed by atoms with E-state index in [1.807, 2.05) is 54.1 Å². The Morgan fingerprint density at radius 3 is 2.78 bits per heavy atom. The summed E-state index contributed by atoms with van der Waals surface area (Å²) in [7, 11) is 0. The Balaban J connectivity index is 1.70. The van der Waals surface area contributed by atoms with Crippen LogP contribution in [0.2, 0.25) is 0 Å². The summed E-state index contributed by atoms with van der Waals surface area (Å²) in [5.41, 5.74) is 4.71. The highest BCUT2D eigenvalue weighted by Crippen LogP contribution is 2.28. The molecule has 3 heterocycles. The van der Waals surface area contributed by atoms with E-state index in [0.717, 1.165) is 32.5 Å². The van der Waals surface area contributed by atoms with E-state index in [0.29, 0.717) is 12.5 Å². The molecule has 7 heteroatoms. The fourth-order valence-corrected chi connectivity index (χ4v) is 3.35. The minimum atomic E-state index is 0.0728. The maximum atomic E-state index is 9.22. The van der Waals surface area contributed by atoms with Crippen LogP contribution in [0.15, 0.2) is 59.5 Å². The predicted octanol–water partition coefficient (Wildman–Crippen LogP) is 4.30. The number of halogens is 1. The molecular weight excluding hydrogens is 406 g/mol. The van der Waals surface area contributed by atoms with E-state index < -0.39 is 0 Å². The molecule has 1 aromatic carbocycles. The van der Waals surface area contributed by atoms with Gasteiger partial charge in [-0.2, -0.15) is 0 Å². The zero-order chi connectivity index (χ0) is 18.8. The first-order chi connectivity index (χ1) is 13.2. The first-order valence-electron chi connectivity index (χ1n) is 8.57. The van der Waals surface area contributed by atoms with Crippen LogP contribution in [0, 0.1) is 6.92 Å². The number of hydrogen-bond donors (Lipinski definition) is 2. The second-order valence-electron chi connectivity index (χ2n) is 6.18. The largest absolute Gasteiger partial charge is 0.395 e. The van der Waals surface area contributed by atoms with Crippen molar-refractivity contribution in [3.63, 3.8) is 0 Å². The fourth-order valence-electron chi connectivity index (χ4n) is 2.97. The van der Waals surface area contributed by atoms with Gasteiger partial charge in [-0.15, -0.1) is 0 Å². The van der Waals surface area contributed by atoms with E-state index in [-0.39, 0.29) is 6.61 Å². The Bertz CT molecular complexity index is 1110. The SMILES string of the molecule is Cc1ccc(Nc2nccc(-c3ccnc4c3ccn4CCO)n2)cc1Br. The second-order valence-corrected chi connectivity index (χ2v) is 7.04. The molecule has 0 fully saturated rings. The van der Waals surface area contributed by atoms with Crippen LogP contribution < -0.4 is 5.32 Å². The van der Waals surface area contributed by atoms with Gasteiger partial charge in [-0.05, 0) is 42.8 Å². The van der Waals surface area contributed by atoms with Crippen LogP contribution in [-0.2, 0) is 6.54 Å². The highest BCUT2D eigenvalue weighted by molar-refractivity contribution is 9.10. The Hall–Kier alpha value is -2.77. The number of aryl methyl sites for hydroxylation is 1. The summed E-state index contributed by atoms with van der Waals surface area (Å²) in [5, 5.41) is 13.5. The lowest BCUT2D eigenvalue weighted by molar-refractivity contribution is 0.278. The lowest BCUT2D eigenvalue weighted by Crippen LogP contribution is -2.01. The van der Waals surface area contributed by atoms with E-state index in [1.165, 1.54) is 5.56 Å². The molecule has 6 nitrogen and oxygen atoms in total. The molecule has 0 unspecified atom stereocenters. The number of hydrogen-bond acceptors (Lipinski definition) is 5. The normalized spacial score (nSPS) is 11.1. The van der Waals surface area contributed by atoms with Gasteiger partial charge in [0.05, 0.1) is 12.3 Å². The number of fused-ring (bicyclic) bond motifs is 1. The van der Waals surface area contributed by atoms with E-state index in [2.05, 4.69) is 36.2 Å². The number of aliphatic hydroxyl groups is 1. The van der Waals surface area contributed by atoms with Crippen molar-refractivity contribution >= 4 is 38.6 Å². The third kappa shape index (κ3) is 3.56. The fraction of sp³-hybridized carbons (Fsp3) is 0.150. The number of pyridine rings is 1. The van der Waals surface area contributed by atoms with E-state index >= 15 is 0 Å². The molecule has 0 amide bonds. The van der Waals surface area contributed by atoms with Crippen LogP contribution in [0.25, 0.3) is 22.3 Å². The molecule has 2 N–H and O–H groups in total. The van der Waals surface area contributed by atoms with E-state index in [9.17, 15) is 5.11 Å². The number of nitrogens with one attached hydrogen (secondary N) is 1. The molecular formula is C20H18BrN5O. The molecule has 0 atom stereocenters. The molecule has 3 aromatic heterocycles. The maximum absolute atomic E-state index is 9.22. The van der Waals surface area contributed by atoms with Crippen molar-refractivity contribution in [2.24, 2.45) is 0 Å². The van der Waals surface area contributed by atoms with Gasteiger partial charge in [0.2, 0.25) is 5.95 Å². The summed E-state index contributed by atoms with van der Waals surface area (Å²) in [6, 6.07) is 11.9. The quantitative estimate of drug-likeness (QED) is 0.500. The first kappa shape index (κ1) is 17.6. The molecule has 0 saturated carbocycles. The van der Waals surface area contributed by atoms with Gasteiger partial charge in [0.25, 0.3) is 0 Å². The smallest absolute Gasteiger partial charge is 0.227 e. The minimum Gasteiger partial charge on any atom is -0.395 e. The molecule has 0 aliphatic carbocycles. The molecule has 0 aliphatic heterocycles. The summed E-state index contributed by atoms with van der Waals surface area (Å²) in [5.74, 6) is 0.531. The Kier molecular flexibility index (Phi) is 4.87. The van der Waals surface area contributed by atoms with Crippen molar-refractivity contribution in [3.8, 4) is 11.3 Å². The molecule has 4 rings (SSSR count). The summed E-state index contributed by atoms with van der Waals surface area (Å²) in [4.78, 5) is 13.4. The molecule has 0 bridgehead atoms. The van der Waals surface area contributed by atoms with Gasteiger partial charge in [-0.3, -0.25) is 0 Å². The van der Waals surface area contributed by atoms with Gasteiger partial charge in [-0.1, -0.05) is 22.0 Å². The zero-order valence-corrected chi connectivity index (χ0v) is 16.3. The number of aromatic nitrogens is 4. The molecule has 0 saturated heterocycles. The summed E-state index contributed by atoms with van der Waals surface area (Å²) < 4.78 is 2.97. The minimum absolute atomic E-state index is 0.0728. The highest BCUT2D eigenvalue weighted by atomic mass is 79.9. The van der Waals surface area contributed by atoms with Gasteiger partial charge in [-0.25, -0.2) is 15.0 Å². The number of rotatable bonds is 5. The molecule has 4 aromatic rings. The number of benzene rings is 1. The third-order valence-electron chi connectivity index (χ3n) is 4.36. The van der Waals surface area contributed by atoms with Crippen LogP contribution in [-0.4, -0.2) is 31.2 Å². The zero-order valence-electron chi connectivity index (χ0n) is 14.7. The summed E-state index contributed by atoms with van der Waals surface area (Å²) in [6.07, 6.45) is 5.43. The Morgan fingerprint density at radius 1 is 1.11 bits per heavy atom. The van der Waals surface area contributed by atoms with E-state index in [4.69, 9.17) is 0 Å². The van der Waals surface area contributed by atoms with E-state index in [1.54, 1.807) is 12.4 Å². The van der Waals surface area contributed by atoms with Crippen LogP contribution in [0.3, 0.4) is 0 Å². The van der Waals surface area contributed by atoms with Crippen molar-refractivity contribution < 1.29 is 5.11 Å². The van der Waals surface area contributed by atoms with Gasteiger partial charge in [0.1, 0.15) is 5.65 Å². The lowest BCUT2D eigenvalue weighted by Gasteiger charge is -2.09. The van der Waals surface area contributed by atoms with Crippen molar-refractivity contribution in [1.82, 2.24) is 19.5 Å². The van der Waals surface area contributed by atoms with Gasteiger partial charge in [0, 0.05) is 46.2 Å². The standard InChI is InChI=1S/C20H18BrN5O/c1-13-2-3-14(12-17(13)21)24-20-23-8-5-18(25-20)15-4-7-22-19-16(15)6-9-26(19)10-11-27/h2-9,12,27H,10-11H2,1H3,(H,23,24,25). The topological polar surface area (TPSA) is 75.9 Å². The Morgan fingerprint density at radius 2 is 1.96 bits per heavy atom. The molecule has 0 aliphatic rings. The first-order valence-corrected chi connectivity index (χ1v) is 9.36. The van der Waals surface area contributed by atoms with Crippen molar-refractivity contribution in [2.75, 3.05) is 11.9 Å². The van der Waals surface area contributed by atoms with Crippen molar-refractivity contribution in [1.29, 1.82) is 0 Å². The number of anilines is 2. The van der Waals surface area contributed by atoms with Crippen LogP contribution in [0.4, 0.5) is 11.6 Å². The molecule has 27 heavy (non-hydrogen) atoms. The number of nitrogens with zero attached hydrogens (tertiary/aromatic N) is 4. The van der Waals surface area contributed by atoms with Crippen LogP contribution >= 0.6 is 15.9 Å². The lowest BCUT2D eigenvalue weighted by atomic mass is 10.1. The van der Waals surface area contributed by atoms with Gasteiger partial charge in [0.15, 0.2) is 0 Å². The molecule has 0 radical (unpaired) electrons. The van der Waals surface area contributed by atoms with Gasteiger partial charge < -0.3 is 15.0 Å². The highest BCUT2D eigenvalue weighted by Gasteiger charge is 2.11. The third-order valence-corrected chi connectivity index (χ3v) is 5.22. The second kappa shape index (κ2) is 7.46. The van der Waals surface area contributed by atoms with Crippen LogP contribution in [0.5, 0.6) is 0 Å². The van der Waals surface area contributed by atoms with Crippen molar-refractivity contribution in [3.05, 3.63) is 65.0 Å². The van der Waals surface area contributed by atoms with Crippen molar-refractivity contribution in [2.45, 2.75) is 13.5 Å². The van der Waals surface area contributed by atoms with Crippen LogP contribution in [0.1, 0.15) is 5.56 Å². The predicted molar refractivity (Wildman–Crippen MR) is 110 cm³/mol. The van der Waals surface area contributed by atoms with Gasteiger partial charge >= 0.3 is 0 Å². The monoisotopic (exact) mass is 423 g/mol. The summed E-state index contributed by atoms with van der Waals surface area (Å²) in [6.45, 7) is 2.63. The summed E-state index contributed by atoms with van der Waals surface area (Å²) >= 11 is 3.54. The maximum Gasteiger partial charge on any atom is 0.227 e. The average Bonchev–Trinajstić information content (AvgIpc) is 3.08. The number of aliphatic hydroxyl groups excluding tert-OH is 1. The molecule has 136 valence electrons.